The molecular formula is C48H33N. The molecule has 0 spiro atoms. The minimum atomic E-state index is 1.17. The summed E-state index contributed by atoms with van der Waals surface area (Å²) in [4.78, 5) is 0. The maximum atomic E-state index is 2.52. The third kappa shape index (κ3) is 4.06. The Bertz CT molecular complexity index is 2770. The average molecular weight is 624 g/mol. The molecule has 1 aromatic heterocycles. The zero-order valence-electron chi connectivity index (χ0n) is 27.5. The Morgan fingerprint density at radius 1 is 0.306 bits per heavy atom. The SMILES string of the molecule is Cc1cc2c3cc(C)c4ccccc4c3n(-c3ccc(-c4c5ccccc5c(-c5ccccc5)c5ccccc45)cc3)c2c2ccccc12. The second-order valence-electron chi connectivity index (χ2n) is 13.4. The minimum Gasteiger partial charge on any atom is -0.308 e. The number of benzene rings is 9. The first-order valence-electron chi connectivity index (χ1n) is 17.1. The lowest BCUT2D eigenvalue weighted by atomic mass is 9.86. The highest BCUT2D eigenvalue weighted by Gasteiger charge is 2.20. The Hall–Kier alpha value is -6.18. The van der Waals surface area contributed by atoms with Gasteiger partial charge < -0.3 is 4.57 Å². The lowest BCUT2D eigenvalue weighted by Crippen LogP contribution is -1.96. The molecule has 0 amide bonds. The van der Waals surface area contributed by atoms with E-state index < -0.39 is 0 Å². The van der Waals surface area contributed by atoms with E-state index in [-0.39, 0.29) is 0 Å². The van der Waals surface area contributed by atoms with Gasteiger partial charge in [-0.05, 0) is 104 Å². The Balaban J connectivity index is 1.28. The second-order valence-corrected chi connectivity index (χ2v) is 13.4. The molecule has 0 saturated carbocycles. The van der Waals surface area contributed by atoms with Crippen LogP contribution in [0.15, 0.2) is 164 Å². The smallest absolute Gasteiger partial charge is 0.0619 e. The number of aromatic nitrogens is 1. The van der Waals surface area contributed by atoms with Gasteiger partial charge in [-0.25, -0.2) is 0 Å². The minimum absolute atomic E-state index is 1.17. The molecule has 10 aromatic rings. The van der Waals surface area contributed by atoms with Gasteiger partial charge in [-0.15, -0.1) is 0 Å². The fourth-order valence-electron chi connectivity index (χ4n) is 8.48. The van der Waals surface area contributed by atoms with Gasteiger partial charge in [0.2, 0.25) is 0 Å². The van der Waals surface area contributed by atoms with Crippen LogP contribution in [0, 0.1) is 13.8 Å². The highest BCUT2D eigenvalue weighted by molar-refractivity contribution is 6.25. The molecule has 0 atom stereocenters. The van der Waals surface area contributed by atoms with Crippen molar-refractivity contribution in [3.8, 4) is 27.9 Å². The van der Waals surface area contributed by atoms with Crippen molar-refractivity contribution in [2.75, 3.05) is 0 Å². The standard InChI is InChI=1S/C48H33N/c1-30-28-43-44-29-31(2)36-17-7-13-23-42(36)48(44)49(47(43)41-22-12-6-16-35(30)41)34-26-24-33(25-27-34)46-39-20-10-8-18-37(39)45(32-14-4-3-5-15-32)38-19-9-11-21-40(38)46/h3-29H,1-2H3. The summed E-state index contributed by atoms with van der Waals surface area (Å²) >= 11 is 0. The molecule has 49 heavy (non-hydrogen) atoms. The van der Waals surface area contributed by atoms with E-state index in [1.54, 1.807) is 0 Å². The summed E-state index contributed by atoms with van der Waals surface area (Å²) in [7, 11) is 0. The van der Waals surface area contributed by atoms with E-state index in [0.29, 0.717) is 0 Å². The number of hydrogen-bond donors (Lipinski definition) is 0. The number of nitrogens with zero attached hydrogens (tertiary/aromatic N) is 1. The van der Waals surface area contributed by atoms with Crippen LogP contribution >= 0.6 is 0 Å². The van der Waals surface area contributed by atoms with Crippen LogP contribution in [0.4, 0.5) is 0 Å². The fourth-order valence-corrected chi connectivity index (χ4v) is 8.48. The quantitative estimate of drug-likeness (QED) is 0.173. The molecule has 10 rings (SSSR count). The van der Waals surface area contributed by atoms with Crippen molar-refractivity contribution in [1.82, 2.24) is 4.57 Å². The summed E-state index contributed by atoms with van der Waals surface area (Å²) in [5.41, 5.74) is 11.4. The zero-order valence-corrected chi connectivity index (χ0v) is 27.5. The lowest BCUT2D eigenvalue weighted by molar-refractivity contribution is 1.19. The molecule has 230 valence electrons. The Kier molecular flexibility index (Phi) is 6.07. The van der Waals surface area contributed by atoms with Crippen LogP contribution in [-0.4, -0.2) is 4.57 Å². The number of rotatable bonds is 3. The maximum Gasteiger partial charge on any atom is 0.0619 e. The normalized spacial score (nSPS) is 11.9. The summed E-state index contributed by atoms with van der Waals surface area (Å²) in [5, 5.41) is 12.9. The maximum absolute atomic E-state index is 2.52. The molecule has 0 unspecified atom stereocenters. The van der Waals surface area contributed by atoms with E-state index >= 15 is 0 Å². The van der Waals surface area contributed by atoms with Crippen molar-refractivity contribution in [2.45, 2.75) is 13.8 Å². The second kappa shape index (κ2) is 10.7. The first-order valence-corrected chi connectivity index (χ1v) is 17.1. The Morgan fingerprint density at radius 3 is 1.08 bits per heavy atom. The number of aryl methyl sites for hydroxylation is 2. The van der Waals surface area contributed by atoms with Crippen LogP contribution < -0.4 is 0 Å². The van der Waals surface area contributed by atoms with Crippen LogP contribution in [0.3, 0.4) is 0 Å². The third-order valence-electron chi connectivity index (χ3n) is 10.6. The van der Waals surface area contributed by atoms with E-state index in [2.05, 4.69) is 182 Å². The molecule has 1 nitrogen and oxygen atoms in total. The van der Waals surface area contributed by atoms with E-state index in [4.69, 9.17) is 0 Å². The monoisotopic (exact) mass is 623 g/mol. The summed E-state index contributed by atoms with van der Waals surface area (Å²) < 4.78 is 2.52. The van der Waals surface area contributed by atoms with Gasteiger partial charge >= 0.3 is 0 Å². The van der Waals surface area contributed by atoms with Gasteiger partial charge in [-0.1, -0.05) is 140 Å². The topological polar surface area (TPSA) is 4.93 Å². The van der Waals surface area contributed by atoms with Gasteiger partial charge in [0.1, 0.15) is 0 Å². The van der Waals surface area contributed by atoms with E-state index in [1.165, 1.54) is 104 Å². The Labute approximate surface area is 285 Å². The van der Waals surface area contributed by atoms with Crippen molar-refractivity contribution < 1.29 is 0 Å². The molecule has 0 saturated heterocycles. The number of fused-ring (bicyclic) bond motifs is 9. The molecule has 0 aliphatic heterocycles. The van der Waals surface area contributed by atoms with Crippen molar-refractivity contribution >= 4 is 64.9 Å². The molecule has 0 aliphatic rings. The largest absolute Gasteiger partial charge is 0.308 e. The van der Waals surface area contributed by atoms with E-state index in [9.17, 15) is 0 Å². The first kappa shape index (κ1) is 27.9. The van der Waals surface area contributed by atoms with Gasteiger partial charge in [0.15, 0.2) is 0 Å². The van der Waals surface area contributed by atoms with E-state index in [1.807, 2.05) is 0 Å². The molecule has 1 heteroatoms. The zero-order chi connectivity index (χ0) is 32.6. The molecule has 0 bridgehead atoms. The molecular weight excluding hydrogens is 591 g/mol. The van der Waals surface area contributed by atoms with Gasteiger partial charge in [0.25, 0.3) is 0 Å². The summed E-state index contributed by atoms with van der Waals surface area (Å²) in [6.07, 6.45) is 0. The van der Waals surface area contributed by atoms with Crippen LogP contribution in [0.1, 0.15) is 11.1 Å². The van der Waals surface area contributed by atoms with Crippen LogP contribution in [0.25, 0.3) is 92.8 Å². The van der Waals surface area contributed by atoms with Gasteiger partial charge in [0.05, 0.1) is 11.0 Å². The highest BCUT2D eigenvalue weighted by Crippen LogP contribution is 2.45. The highest BCUT2D eigenvalue weighted by atomic mass is 15.0. The predicted octanol–water partition coefficient (Wildman–Crippen LogP) is 13.3. The van der Waals surface area contributed by atoms with Gasteiger partial charge in [0, 0.05) is 27.2 Å². The molecule has 9 aromatic carbocycles. The van der Waals surface area contributed by atoms with Crippen LogP contribution in [0.5, 0.6) is 0 Å². The summed E-state index contributed by atoms with van der Waals surface area (Å²) in [5.74, 6) is 0. The third-order valence-corrected chi connectivity index (χ3v) is 10.6. The molecule has 1 heterocycles. The molecule has 0 aliphatic carbocycles. The lowest BCUT2D eigenvalue weighted by Gasteiger charge is -2.18. The van der Waals surface area contributed by atoms with Crippen LogP contribution in [0.2, 0.25) is 0 Å². The van der Waals surface area contributed by atoms with Crippen molar-refractivity contribution in [1.29, 1.82) is 0 Å². The summed E-state index contributed by atoms with van der Waals surface area (Å²) in [6.45, 7) is 4.48. The molecule has 0 radical (unpaired) electrons. The van der Waals surface area contributed by atoms with Gasteiger partial charge in [-0.3, -0.25) is 0 Å². The predicted molar refractivity (Wildman–Crippen MR) is 211 cm³/mol. The van der Waals surface area contributed by atoms with Crippen molar-refractivity contribution in [3.05, 3.63) is 175 Å². The average Bonchev–Trinajstić information content (AvgIpc) is 3.48. The molecule has 0 fully saturated rings. The van der Waals surface area contributed by atoms with Crippen molar-refractivity contribution in [3.63, 3.8) is 0 Å². The summed E-state index contributed by atoms with van der Waals surface area (Å²) in [6, 6.07) is 60.4. The van der Waals surface area contributed by atoms with Crippen LogP contribution in [-0.2, 0) is 0 Å². The fraction of sp³-hybridized carbons (Fsp3) is 0.0417. The Morgan fingerprint density at radius 2 is 0.653 bits per heavy atom. The number of hydrogen-bond acceptors (Lipinski definition) is 0. The first-order chi connectivity index (χ1) is 24.2. The van der Waals surface area contributed by atoms with Gasteiger partial charge in [-0.2, -0.15) is 0 Å². The van der Waals surface area contributed by atoms with Crippen molar-refractivity contribution in [2.24, 2.45) is 0 Å². The van der Waals surface area contributed by atoms with E-state index in [0.717, 1.165) is 0 Å². The molecule has 0 N–H and O–H groups in total.